The Morgan fingerprint density at radius 2 is 2.32 bits per heavy atom. The Labute approximate surface area is 117 Å². The van der Waals surface area contributed by atoms with Crippen LogP contribution in [0.25, 0.3) is 0 Å². The maximum atomic E-state index is 13.9. The second kappa shape index (κ2) is 5.88. The summed E-state index contributed by atoms with van der Waals surface area (Å²) in [4.78, 5) is 14.0. The van der Waals surface area contributed by atoms with Crippen molar-refractivity contribution in [3.8, 4) is 0 Å². The third kappa shape index (κ3) is 3.07. The van der Waals surface area contributed by atoms with Gasteiger partial charge in [-0.05, 0) is 31.5 Å². The molecule has 3 nitrogen and oxygen atoms in total. The fraction of sp³-hybridized carbons (Fsp3) is 0.500. The van der Waals surface area contributed by atoms with Crippen LogP contribution in [0.3, 0.4) is 0 Å². The van der Waals surface area contributed by atoms with Gasteiger partial charge in [-0.1, -0.05) is 6.07 Å². The number of amides is 1. The van der Waals surface area contributed by atoms with E-state index in [0.717, 1.165) is 5.56 Å². The molecule has 1 aliphatic rings. The summed E-state index contributed by atoms with van der Waals surface area (Å²) in [5.41, 5.74) is 0.899. The molecule has 2 rings (SSSR count). The van der Waals surface area contributed by atoms with Crippen molar-refractivity contribution >= 4 is 17.5 Å². The highest BCUT2D eigenvalue weighted by atomic mass is 35.5. The number of ether oxygens (including phenoxy) is 1. The predicted molar refractivity (Wildman–Crippen MR) is 72.1 cm³/mol. The third-order valence-electron chi connectivity index (χ3n) is 3.29. The molecule has 0 aromatic heterocycles. The average Bonchev–Trinajstić information content (AvgIpc) is 2.38. The number of carbonyl (C=O) groups is 1. The predicted octanol–water partition coefficient (Wildman–Crippen LogP) is 2.60. The molecular weight excluding hydrogens is 269 g/mol. The molecule has 1 aliphatic heterocycles. The lowest BCUT2D eigenvalue weighted by atomic mass is 10.1. The van der Waals surface area contributed by atoms with E-state index in [1.807, 2.05) is 6.92 Å². The molecule has 0 aliphatic carbocycles. The number of carbonyl (C=O) groups excluding carboxylic acids is 1. The largest absolute Gasteiger partial charge is 0.373 e. The lowest BCUT2D eigenvalue weighted by Gasteiger charge is -2.37. The molecule has 1 saturated heterocycles. The van der Waals surface area contributed by atoms with Crippen LogP contribution in [-0.4, -0.2) is 42.0 Å². The smallest absolute Gasteiger partial charge is 0.257 e. The monoisotopic (exact) mass is 285 g/mol. The molecule has 1 fully saturated rings. The number of hydrogen-bond acceptors (Lipinski definition) is 2. The zero-order valence-corrected chi connectivity index (χ0v) is 11.8. The second-order valence-electron chi connectivity index (χ2n) is 4.90. The minimum absolute atomic E-state index is 0.0762. The second-order valence-corrected chi connectivity index (χ2v) is 5.21. The van der Waals surface area contributed by atoms with Crippen molar-refractivity contribution in [2.75, 3.05) is 19.0 Å². The fourth-order valence-corrected chi connectivity index (χ4v) is 2.33. The molecule has 1 heterocycles. The lowest BCUT2D eigenvalue weighted by Crippen LogP contribution is -2.51. The molecule has 1 aromatic rings. The first-order valence-corrected chi connectivity index (χ1v) is 6.81. The SMILES string of the molecule is Cc1ccc(C(=O)N2CC(CCl)OCC2C)c(F)c1. The van der Waals surface area contributed by atoms with E-state index in [4.69, 9.17) is 16.3 Å². The van der Waals surface area contributed by atoms with Crippen molar-refractivity contribution in [1.82, 2.24) is 4.90 Å². The number of halogens is 2. The Morgan fingerprint density at radius 3 is 2.95 bits per heavy atom. The molecule has 0 spiro atoms. The maximum Gasteiger partial charge on any atom is 0.257 e. The Morgan fingerprint density at radius 1 is 1.58 bits per heavy atom. The summed E-state index contributed by atoms with van der Waals surface area (Å²) in [5.74, 6) is -0.457. The van der Waals surface area contributed by atoms with Crippen molar-refractivity contribution in [3.05, 3.63) is 35.1 Å². The van der Waals surface area contributed by atoms with Gasteiger partial charge in [-0.2, -0.15) is 0 Å². The Bertz CT molecular complexity index is 481. The number of hydrogen-bond donors (Lipinski definition) is 0. The standard InChI is InChI=1S/C14H17ClFNO2/c1-9-3-4-12(13(16)5-9)14(18)17-7-11(6-15)19-8-10(17)2/h3-5,10-11H,6-8H2,1-2H3. The average molecular weight is 286 g/mol. The van der Waals surface area contributed by atoms with Crippen LogP contribution in [-0.2, 0) is 4.74 Å². The highest BCUT2D eigenvalue weighted by Gasteiger charge is 2.30. The van der Waals surface area contributed by atoms with Crippen LogP contribution in [0.4, 0.5) is 4.39 Å². The number of rotatable bonds is 2. The highest BCUT2D eigenvalue weighted by Crippen LogP contribution is 2.18. The summed E-state index contributed by atoms with van der Waals surface area (Å²) in [5, 5.41) is 0. The Balaban J connectivity index is 2.22. The van der Waals surface area contributed by atoms with Gasteiger partial charge >= 0.3 is 0 Å². The van der Waals surface area contributed by atoms with Crippen molar-refractivity contribution < 1.29 is 13.9 Å². The summed E-state index contributed by atoms with van der Waals surface area (Å²) >= 11 is 5.76. The molecule has 2 unspecified atom stereocenters. The van der Waals surface area contributed by atoms with E-state index in [-0.39, 0.29) is 23.6 Å². The van der Waals surface area contributed by atoms with Crippen LogP contribution < -0.4 is 0 Å². The van der Waals surface area contributed by atoms with E-state index in [9.17, 15) is 9.18 Å². The van der Waals surface area contributed by atoms with Gasteiger partial charge in [-0.25, -0.2) is 4.39 Å². The number of nitrogens with zero attached hydrogens (tertiary/aromatic N) is 1. The number of aryl methyl sites for hydroxylation is 1. The fourth-order valence-electron chi connectivity index (χ4n) is 2.14. The first-order valence-electron chi connectivity index (χ1n) is 6.27. The van der Waals surface area contributed by atoms with E-state index in [1.54, 1.807) is 17.9 Å². The summed E-state index contributed by atoms with van der Waals surface area (Å²) < 4.78 is 19.3. The summed E-state index contributed by atoms with van der Waals surface area (Å²) in [6.45, 7) is 4.50. The molecule has 0 radical (unpaired) electrons. The Hall–Kier alpha value is -1.13. The van der Waals surface area contributed by atoms with Crippen molar-refractivity contribution in [2.45, 2.75) is 26.0 Å². The van der Waals surface area contributed by atoms with E-state index < -0.39 is 5.82 Å². The zero-order chi connectivity index (χ0) is 14.0. The van der Waals surface area contributed by atoms with Gasteiger partial charge in [0.1, 0.15) is 5.82 Å². The molecule has 1 aromatic carbocycles. The van der Waals surface area contributed by atoms with Gasteiger partial charge in [-0.3, -0.25) is 4.79 Å². The van der Waals surface area contributed by atoms with E-state index in [1.165, 1.54) is 12.1 Å². The topological polar surface area (TPSA) is 29.5 Å². The van der Waals surface area contributed by atoms with E-state index in [2.05, 4.69) is 0 Å². The molecule has 0 N–H and O–H groups in total. The number of alkyl halides is 1. The van der Waals surface area contributed by atoms with Gasteiger partial charge in [0.25, 0.3) is 5.91 Å². The van der Waals surface area contributed by atoms with Gasteiger partial charge in [0.2, 0.25) is 0 Å². The molecule has 1 amide bonds. The molecule has 2 atom stereocenters. The minimum Gasteiger partial charge on any atom is -0.373 e. The van der Waals surface area contributed by atoms with Crippen LogP contribution in [0.1, 0.15) is 22.8 Å². The van der Waals surface area contributed by atoms with Gasteiger partial charge in [0.05, 0.1) is 30.2 Å². The van der Waals surface area contributed by atoms with Crippen molar-refractivity contribution in [2.24, 2.45) is 0 Å². The normalized spacial score (nSPS) is 23.5. The molecule has 0 saturated carbocycles. The first-order chi connectivity index (χ1) is 9.02. The van der Waals surface area contributed by atoms with Gasteiger partial charge < -0.3 is 9.64 Å². The summed E-state index contributed by atoms with van der Waals surface area (Å²) in [6, 6.07) is 4.57. The van der Waals surface area contributed by atoms with Crippen molar-refractivity contribution in [3.63, 3.8) is 0 Å². The molecular formula is C14H17ClFNO2. The van der Waals surface area contributed by atoms with E-state index >= 15 is 0 Å². The van der Waals surface area contributed by atoms with Gasteiger partial charge in [-0.15, -0.1) is 11.6 Å². The molecule has 19 heavy (non-hydrogen) atoms. The summed E-state index contributed by atoms with van der Waals surface area (Å²) in [7, 11) is 0. The summed E-state index contributed by atoms with van der Waals surface area (Å²) in [6.07, 6.45) is -0.185. The van der Waals surface area contributed by atoms with Gasteiger partial charge in [0, 0.05) is 6.54 Å². The zero-order valence-electron chi connectivity index (χ0n) is 11.0. The van der Waals surface area contributed by atoms with Crippen LogP contribution in [0.5, 0.6) is 0 Å². The third-order valence-corrected chi connectivity index (χ3v) is 3.64. The van der Waals surface area contributed by atoms with Crippen LogP contribution in [0, 0.1) is 12.7 Å². The molecule has 104 valence electrons. The minimum atomic E-state index is -0.480. The number of morpholine rings is 1. The molecule has 5 heteroatoms. The maximum absolute atomic E-state index is 13.9. The van der Waals surface area contributed by atoms with Crippen LogP contribution >= 0.6 is 11.6 Å². The quantitative estimate of drug-likeness (QED) is 0.782. The molecule has 0 bridgehead atoms. The number of benzene rings is 1. The van der Waals surface area contributed by atoms with Gasteiger partial charge in [0.15, 0.2) is 0 Å². The van der Waals surface area contributed by atoms with Crippen LogP contribution in [0.2, 0.25) is 0 Å². The van der Waals surface area contributed by atoms with E-state index in [0.29, 0.717) is 19.0 Å². The van der Waals surface area contributed by atoms with Crippen LogP contribution in [0.15, 0.2) is 18.2 Å². The Kier molecular flexibility index (Phi) is 4.42. The first kappa shape index (κ1) is 14.3. The highest BCUT2D eigenvalue weighted by molar-refractivity contribution is 6.18. The van der Waals surface area contributed by atoms with Crippen molar-refractivity contribution in [1.29, 1.82) is 0 Å². The lowest BCUT2D eigenvalue weighted by molar-refractivity contribution is -0.0373.